The molecule has 1 unspecified atom stereocenters. The van der Waals surface area contributed by atoms with Gasteiger partial charge in [-0.25, -0.2) is 0 Å². The first-order valence-electron chi connectivity index (χ1n) is 8.19. The number of nitriles is 1. The van der Waals surface area contributed by atoms with E-state index in [-0.39, 0.29) is 0 Å². The molecule has 0 aliphatic carbocycles. The predicted molar refractivity (Wildman–Crippen MR) is 89.1 cm³/mol. The van der Waals surface area contributed by atoms with Crippen LogP contribution >= 0.6 is 0 Å². The number of aryl methyl sites for hydroxylation is 1. The first-order valence-corrected chi connectivity index (χ1v) is 8.19. The summed E-state index contributed by atoms with van der Waals surface area (Å²) in [7, 11) is 0. The third-order valence-electron chi connectivity index (χ3n) is 4.38. The van der Waals surface area contributed by atoms with Gasteiger partial charge in [0.25, 0.3) is 0 Å². The number of aliphatic hydroxyl groups excluding tert-OH is 1. The van der Waals surface area contributed by atoms with Crippen LogP contribution in [0.4, 0.5) is 0 Å². The Bertz CT molecular complexity index is 697. The highest BCUT2D eigenvalue weighted by Gasteiger charge is 2.20. The molecule has 6 heteroatoms. The van der Waals surface area contributed by atoms with E-state index in [1.165, 1.54) is 0 Å². The summed E-state index contributed by atoms with van der Waals surface area (Å²) >= 11 is 0. The van der Waals surface area contributed by atoms with Gasteiger partial charge in [-0.15, -0.1) is 0 Å². The lowest BCUT2D eigenvalue weighted by Gasteiger charge is -2.35. The van der Waals surface area contributed by atoms with Crippen molar-refractivity contribution in [3.05, 3.63) is 52.9 Å². The maximum absolute atomic E-state index is 10.4. The summed E-state index contributed by atoms with van der Waals surface area (Å²) in [6.45, 7) is 7.05. The third kappa shape index (κ3) is 4.20. The second-order valence-electron chi connectivity index (χ2n) is 6.26. The van der Waals surface area contributed by atoms with Gasteiger partial charge in [-0.1, -0.05) is 17.3 Å². The Kier molecular flexibility index (Phi) is 5.26. The zero-order valence-corrected chi connectivity index (χ0v) is 13.9. The number of aromatic nitrogens is 1. The third-order valence-corrected chi connectivity index (χ3v) is 4.38. The van der Waals surface area contributed by atoms with E-state index in [0.29, 0.717) is 12.1 Å². The van der Waals surface area contributed by atoms with E-state index in [9.17, 15) is 5.11 Å². The van der Waals surface area contributed by atoms with E-state index >= 15 is 0 Å². The number of nitrogens with zero attached hydrogens (tertiary/aromatic N) is 4. The van der Waals surface area contributed by atoms with Crippen LogP contribution in [-0.2, 0) is 6.54 Å². The Morgan fingerprint density at radius 1 is 1.21 bits per heavy atom. The van der Waals surface area contributed by atoms with Crippen LogP contribution in [0.1, 0.15) is 28.7 Å². The Morgan fingerprint density at radius 3 is 2.46 bits per heavy atom. The molecule has 6 nitrogen and oxygen atoms in total. The van der Waals surface area contributed by atoms with E-state index in [0.717, 1.165) is 49.7 Å². The van der Waals surface area contributed by atoms with Gasteiger partial charge >= 0.3 is 0 Å². The largest absolute Gasteiger partial charge is 0.387 e. The predicted octanol–water partition coefficient (Wildman–Crippen LogP) is 1.71. The maximum Gasteiger partial charge on any atom is 0.150 e. The van der Waals surface area contributed by atoms with Gasteiger partial charge in [-0.3, -0.25) is 9.80 Å². The quantitative estimate of drug-likeness (QED) is 0.901. The van der Waals surface area contributed by atoms with Gasteiger partial charge in [0, 0.05) is 38.8 Å². The monoisotopic (exact) mass is 326 g/mol. The lowest BCUT2D eigenvalue weighted by atomic mass is 10.1. The lowest BCUT2D eigenvalue weighted by Crippen LogP contribution is -2.47. The molecule has 0 spiro atoms. The van der Waals surface area contributed by atoms with Gasteiger partial charge in [-0.2, -0.15) is 5.26 Å². The fourth-order valence-corrected chi connectivity index (χ4v) is 2.97. The molecule has 0 bridgehead atoms. The average Bonchev–Trinajstić information content (AvgIpc) is 3.01. The van der Waals surface area contributed by atoms with Crippen LogP contribution in [0.2, 0.25) is 0 Å². The van der Waals surface area contributed by atoms with Crippen molar-refractivity contribution in [3.63, 3.8) is 0 Å². The van der Waals surface area contributed by atoms with Crippen LogP contribution in [0.3, 0.4) is 0 Å². The molecule has 0 radical (unpaired) electrons. The maximum atomic E-state index is 10.4. The van der Waals surface area contributed by atoms with Crippen molar-refractivity contribution in [2.24, 2.45) is 0 Å². The fourth-order valence-electron chi connectivity index (χ4n) is 2.97. The summed E-state index contributed by atoms with van der Waals surface area (Å²) in [5, 5.41) is 23.1. The van der Waals surface area contributed by atoms with Crippen molar-refractivity contribution < 1.29 is 9.63 Å². The number of hydrogen-bond acceptors (Lipinski definition) is 6. The van der Waals surface area contributed by atoms with Crippen LogP contribution in [0, 0.1) is 18.3 Å². The van der Waals surface area contributed by atoms with Crippen LogP contribution < -0.4 is 0 Å². The van der Waals surface area contributed by atoms with E-state index in [4.69, 9.17) is 9.78 Å². The van der Waals surface area contributed by atoms with Crippen LogP contribution in [0.25, 0.3) is 0 Å². The second kappa shape index (κ2) is 7.58. The normalized spacial score (nSPS) is 17.5. The fraction of sp³-hybridized carbons (Fsp3) is 0.444. The summed E-state index contributed by atoms with van der Waals surface area (Å²) in [6, 6.07) is 11.2. The van der Waals surface area contributed by atoms with Crippen molar-refractivity contribution in [1.82, 2.24) is 15.0 Å². The number of piperazine rings is 1. The molecule has 1 aliphatic rings. The molecule has 1 saturated heterocycles. The first kappa shape index (κ1) is 16.7. The number of β-amino-alcohol motifs (C(OH)–C–C–N with tert-alkyl or cyclic N) is 1. The van der Waals surface area contributed by atoms with E-state index in [1.807, 2.05) is 25.1 Å². The molecular weight excluding hydrogens is 304 g/mol. The Labute approximate surface area is 141 Å². The van der Waals surface area contributed by atoms with Crippen molar-refractivity contribution in [1.29, 1.82) is 5.26 Å². The highest BCUT2D eigenvalue weighted by molar-refractivity contribution is 5.32. The molecule has 3 rings (SSSR count). The lowest BCUT2D eigenvalue weighted by molar-refractivity contribution is 0.0670. The molecule has 2 heterocycles. The van der Waals surface area contributed by atoms with Gasteiger partial charge < -0.3 is 9.63 Å². The minimum atomic E-state index is -0.527. The highest BCUT2D eigenvalue weighted by Crippen LogP contribution is 2.17. The molecule has 1 aromatic heterocycles. The average molecular weight is 326 g/mol. The zero-order valence-electron chi connectivity index (χ0n) is 13.9. The summed E-state index contributed by atoms with van der Waals surface area (Å²) in [5.41, 5.74) is 2.38. The minimum Gasteiger partial charge on any atom is -0.387 e. The molecule has 24 heavy (non-hydrogen) atoms. The molecule has 1 atom stereocenters. The van der Waals surface area contributed by atoms with Crippen molar-refractivity contribution in [3.8, 4) is 6.07 Å². The number of aliphatic hydroxyl groups is 1. The number of rotatable bonds is 5. The molecule has 0 saturated carbocycles. The summed E-state index contributed by atoms with van der Waals surface area (Å²) in [4.78, 5) is 4.61. The van der Waals surface area contributed by atoms with Gasteiger partial charge in [0.15, 0.2) is 5.76 Å². The van der Waals surface area contributed by atoms with Crippen LogP contribution in [0.15, 0.2) is 34.9 Å². The molecule has 1 fully saturated rings. The minimum absolute atomic E-state index is 0.527. The van der Waals surface area contributed by atoms with Gasteiger partial charge in [0.2, 0.25) is 0 Å². The van der Waals surface area contributed by atoms with Crippen molar-refractivity contribution >= 4 is 0 Å². The SMILES string of the molecule is Cc1cc(CN2CCN(CC(O)c3ccc(C#N)cc3)CC2)on1. The Morgan fingerprint density at radius 2 is 1.88 bits per heavy atom. The summed E-state index contributed by atoms with van der Waals surface area (Å²) in [6.07, 6.45) is -0.527. The van der Waals surface area contributed by atoms with Gasteiger partial charge in [0.05, 0.1) is 30.0 Å². The summed E-state index contributed by atoms with van der Waals surface area (Å²) < 4.78 is 5.27. The van der Waals surface area contributed by atoms with E-state index < -0.39 is 6.10 Å². The Hall–Kier alpha value is -2.20. The molecule has 1 N–H and O–H groups in total. The van der Waals surface area contributed by atoms with E-state index in [1.54, 1.807) is 12.1 Å². The molecule has 1 aromatic carbocycles. The second-order valence-corrected chi connectivity index (χ2v) is 6.26. The molecule has 2 aromatic rings. The topological polar surface area (TPSA) is 76.5 Å². The zero-order chi connectivity index (χ0) is 16.9. The molecular formula is C18H22N4O2. The molecule has 126 valence electrons. The van der Waals surface area contributed by atoms with Crippen molar-refractivity contribution in [2.45, 2.75) is 19.6 Å². The Balaban J connectivity index is 1.47. The van der Waals surface area contributed by atoms with E-state index in [2.05, 4.69) is 21.0 Å². The summed E-state index contributed by atoms with van der Waals surface area (Å²) in [5.74, 6) is 0.901. The van der Waals surface area contributed by atoms with Crippen LogP contribution in [0.5, 0.6) is 0 Å². The smallest absolute Gasteiger partial charge is 0.150 e. The number of benzene rings is 1. The highest BCUT2D eigenvalue weighted by atomic mass is 16.5. The van der Waals surface area contributed by atoms with Gasteiger partial charge in [-0.05, 0) is 24.6 Å². The molecule has 0 amide bonds. The van der Waals surface area contributed by atoms with Crippen molar-refractivity contribution in [2.75, 3.05) is 32.7 Å². The number of hydrogen-bond donors (Lipinski definition) is 1. The molecule has 1 aliphatic heterocycles. The van der Waals surface area contributed by atoms with Gasteiger partial charge in [0.1, 0.15) is 0 Å². The van der Waals surface area contributed by atoms with Crippen LogP contribution in [-0.4, -0.2) is 52.8 Å². The standard InChI is InChI=1S/C18H22N4O2/c1-14-10-17(24-20-14)12-21-6-8-22(9-7-21)13-18(23)16-4-2-15(11-19)3-5-16/h2-5,10,18,23H,6-9,12-13H2,1H3. The first-order chi connectivity index (χ1) is 11.6.